The fourth-order valence-corrected chi connectivity index (χ4v) is 3.58. The number of carbonyl (C=O) groups is 1. The molecule has 0 fully saturated rings. The molecule has 4 nitrogen and oxygen atoms in total. The molecule has 2 aromatic carbocycles. The van der Waals surface area contributed by atoms with E-state index in [0.29, 0.717) is 5.16 Å². The predicted octanol–water partition coefficient (Wildman–Crippen LogP) is 5.03. The Morgan fingerprint density at radius 3 is 2.61 bits per heavy atom. The van der Waals surface area contributed by atoms with Gasteiger partial charge in [0.2, 0.25) is 5.91 Å². The number of hydrogen-bond donors (Lipinski definition) is 1. The normalized spacial score (nSPS) is 12.1. The fraction of sp³-hybridized carbons (Fsp3) is 0.200. The van der Waals surface area contributed by atoms with Gasteiger partial charge in [0.15, 0.2) is 22.6 Å². The predicted molar refractivity (Wildman–Crippen MR) is 103 cm³/mol. The molecule has 28 heavy (non-hydrogen) atoms. The maximum absolute atomic E-state index is 13.8. The van der Waals surface area contributed by atoms with Gasteiger partial charge in [0.1, 0.15) is 0 Å². The molecule has 0 saturated carbocycles. The van der Waals surface area contributed by atoms with E-state index in [9.17, 15) is 18.0 Å². The van der Waals surface area contributed by atoms with Gasteiger partial charge in [0, 0.05) is 12.4 Å². The molecule has 1 aromatic heterocycles. The van der Waals surface area contributed by atoms with Crippen molar-refractivity contribution in [1.82, 2.24) is 9.55 Å². The first-order valence-electron chi connectivity index (χ1n) is 8.50. The Morgan fingerprint density at radius 1 is 1.14 bits per heavy atom. The van der Waals surface area contributed by atoms with Gasteiger partial charge in [-0.1, -0.05) is 29.5 Å². The van der Waals surface area contributed by atoms with Crippen molar-refractivity contribution >= 4 is 23.4 Å². The number of benzene rings is 2. The van der Waals surface area contributed by atoms with E-state index < -0.39 is 34.3 Å². The number of imidazole rings is 1. The van der Waals surface area contributed by atoms with Gasteiger partial charge in [-0.15, -0.1) is 0 Å². The molecule has 0 bridgehead atoms. The Bertz CT molecular complexity index is 1040. The molecular formula is C20H18F3N3OS. The van der Waals surface area contributed by atoms with Gasteiger partial charge in [-0.2, -0.15) is 0 Å². The third-order valence-corrected chi connectivity index (χ3v) is 5.24. The monoisotopic (exact) mass is 405 g/mol. The molecule has 1 N–H and O–H groups in total. The molecule has 0 aliphatic heterocycles. The molecule has 0 spiro atoms. The highest BCUT2D eigenvalue weighted by molar-refractivity contribution is 8.00. The average molecular weight is 405 g/mol. The van der Waals surface area contributed by atoms with Crippen molar-refractivity contribution in [3.8, 4) is 5.69 Å². The van der Waals surface area contributed by atoms with Crippen LogP contribution in [0.2, 0.25) is 0 Å². The van der Waals surface area contributed by atoms with Crippen LogP contribution in [-0.2, 0) is 4.79 Å². The Hall–Kier alpha value is -2.74. The molecule has 3 aromatic rings. The summed E-state index contributed by atoms with van der Waals surface area (Å²) in [6, 6.07) is 7.75. The molecule has 1 heterocycles. The quantitative estimate of drug-likeness (QED) is 0.479. The van der Waals surface area contributed by atoms with Crippen LogP contribution in [0, 0.1) is 31.3 Å². The van der Waals surface area contributed by atoms with Crippen LogP contribution in [0.15, 0.2) is 47.9 Å². The SMILES string of the molecule is Cc1ccc(-n2ccnc2SC(C)C(=O)Nc2ccc(F)c(F)c2F)c(C)c1. The van der Waals surface area contributed by atoms with Gasteiger partial charge in [-0.25, -0.2) is 18.2 Å². The largest absolute Gasteiger partial charge is 0.323 e. The van der Waals surface area contributed by atoms with Gasteiger partial charge >= 0.3 is 0 Å². The van der Waals surface area contributed by atoms with E-state index >= 15 is 0 Å². The number of thioether (sulfide) groups is 1. The molecule has 1 unspecified atom stereocenters. The van der Waals surface area contributed by atoms with Crippen molar-refractivity contribution in [2.75, 3.05) is 5.32 Å². The number of aromatic nitrogens is 2. The van der Waals surface area contributed by atoms with E-state index in [0.717, 1.165) is 28.9 Å². The lowest BCUT2D eigenvalue weighted by Crippen LogP contribution is -2.23. The van der Waals surface area contributed by atoms with Crippen LogP contribution in [0.4, 0.5) is 18.9 Å². The summed E-state index contributed by atoms with van der Waals surface area (Å²) in [6.07, 6.45) is 3.42. The smallest absolute Gasteiger partial charge is 0.237 e. The van der Waals surface area contributed by atoms with Crippen molar-refractivity contribution in [2.45, 2.75) is 31.2 Å². The van der Waals surface area contributed by atoms with Crippen LogP contribution in [-0.4, -0.2) is 20.7 Å². The van der Waals surface area contributed by atoms with Crippen molar-refractivity contribution < 1.29 is 18.0 Å². The molecule has 0 radical (unpaired) electrons. The maximum atomic E-state index is 13.8. The molecule has 1 amide bonds. The second kappa shape index (κ2) is 8.10. The van der Waals surface area contributed by atoms with Crippen LogP contribution in [0.5, 0.6) is 0 Å². The zero-order valence-electron chi connectivity index (χ0n) is 15.5. The zero-order valence-corrected chi connectivity index (χ0v) is 16.3. The number of rotatable bonds is 5. The molecule has 0 aliphatic carbocycles. The van der Waals surface area contributed by atoms with Gasteiger partial charge in [-0.3, -0.25) is 9.36 Å². The van der Waals surface area contributed by atoms with Gasteiger partial charge in [0.25, 0.3) is 0 Å². The van der Waals surface area contributed by atoms with Crippen molar-refractivity contribution in [2.24, 2.45) is 0 Å². The van der Waals surface area contributed by atoms with Crippen LogP contribution >= 0.6 is 11.8 Å². The Morgan fingerprint density at radius 2 is 1.89 bits per heavy atom. The highest BCUT2D eigenvalue weighted by atomic mass is 32.2. The van der Waals surface area contributed by atoms with Crippen LogP contribution in [0.25, 0.3) is 5.69 Å². The summed E-state index contributed by atoms with van der Waals surface area (Å²) in [5.41, 5.74) is 2.72. The molecule has 0 saturated heterocycles. The van der Waals surface area contributed by atoms with Crippen molar-refractivity contribution in [3.63, 3.8) is 0 Å². The fourth-order valence-electron chi connectivity index (χ4n) is 2.70. The summed E-state index contributed by atoms with van der Waals surface area (Å²) in [5.74, 6) is -4.91. The molecule has 0 aliphatic rings. The molecule has 1 atom stereocenters. The summed E-state index contributed by atoms with van der Waals surface area (Å²) >= 11 is 1.17. The third kappa shape index (κ3) is 4.06. The number of nitrogens with one attached hydrogen (secondary N) is 1. The lowest BCUT2D eigenvalue weighted by molar-refractivity contribution is -0.115. The van der Waals surface area contributed by atoms with Crippen LogP contribution in [0.3, 0.4) is 0 Å². The standard InChI is InChI=1S/C20H18F3N3OS/c1-11-4-7-16(12(2)10-11)26-9-8-24-20(26)28-13(3)19(27)25-15-6-5-14(21)17(22)18(15)23/h4-10,13H,1-3H3,(H,25,27). The topological polar surface area (TPSA) is 46.9 Å². The highest BCUT2D eigenvalue weighted by Crippen LogP contribution is 2.28. The summed E-state index contributed by atoms with van der Waals surface area (Å²) in [7, 11) is 0. The van der Waals surface area contributed by atoms with E-state index in [-0.39, 0.29) is 0 Å². The number of carbonyl (C=O) groups excluding carboxylic acids is 1. The second-order valence-electron chi connectivity index (χ2n) is 6.34. The number of anilines is 1. The Kier molecular flexibility index (Phi) is 5.79. The van der Waals surface area contributed by atoms with E-state index in [2.05, 4.69) is 10.3 Å². The third-order valence-electron chi connectivity index (χ3n) is 4.16. The number of nitrogens with zero attached hydrogens (tertiary/aromatic N) is 2. The minimum absolute atomic E-state index is 0.408. The van der Waals surface area contributed by atoms with Crippen molar-refractivity contribution in [3.05, 3.63) is 71.3 Å². The van der Waals surface area contributed by atoms with Gasteiger partial charge < -0.3 is 5.32 Å². The minimum atomic E-state index is -1.62. The summed E-state index contributed by atoms with van der Waals surface area (Å²) < 4.78 is 42.0. The van der Waals surface area contributed by atoms with Crippen molar-refractivity contribution in [1.29, 1.82) is 0 Å². The summed E-state index contributed by atoms with van der Waals surface area (Å²) in [6.45, 7) is 5.61. The van der Waals surface area contributed by atoms with Gasteiger partial charge in [0.05, 0.1) is 16.6 Å². The van der Waals surface area contributed by atoms with Gasteiger partial charge in [-0.05, 0) is 44.5 Å². The van der Waals surface area contributed by atoms with E-state index in [1.54, 1.807) is 19.3 Å². The minimum Gasteiger partial charge on any atom is -0.323 e. The molecule has 146 valence electrons. The first-order valence-corrected chi connectivity index (χ1v) is 9.38. The van der Waals surface area contributed by atoms with Crippen LogP contribution < -0.4 is 5.32 Å². The van der Waals surface area contributed by atoms with Crippen LogP contribution in [0.1, 0.15) is 18.1 Å². The van der Waals surface area contributed by atoms with E-state index in [1.165, 1.54) is 11.8 Å². The highest BCUT2D eigenvalue weighted by Gasteiger charge is 2.21. The van der Waals surface area contributed by atoms with E-state index in [1.807, 2.05) is 36.6 Å². The zero-order chi connectivity index (χ0) is 20.4. The first kappa shape index (κ1) is 20.0. The Balaban J connectivity index is 1.77. The summed E-state index contributed by atoms with van der Waals surface area (Å²) in [4.78, 5) is 16.7. The number of amides is 1. The van der Waals surface area contributed by atoms with E-state index in [4.69, 9.17) is 0 Å². The number of halogens is 3. The number of hydrogen-bond acceptors (Lipinski definition) is 3. The molecular weight excluding hydrogens is 387 g/mol. The average Bonchev–Trinajstić information content (AvgIpc) is 3.10. The lowest BCUT2D eigenvalue weighted by atomic mass is 10.1. The molecule has 3 rings (SSSR count). The lowest BCUT2D eigenvalue weighted by Gasteiger charge is -2.15. The second-order valence-corrected chi connectivity index (χ2v) is 7.65. The molecule has 8 heteroatoms. The summed E-state index contributed by atoms with van der Waals surface area (Å²) in [5, 5.41) is 2.22. The first-order chi connectivity index (χ1) is 13.3. The Labute approximate surface area is 164 Å². The maximum Gasteiger partial charge on any atom is 0.237 e. The number of aryl methyl sites for hydroxylation is 2.